The quantitative estimate of drug-likeness (QED) is 0.750. The van der Waals surface area contributed by atoms with Gasteiger partial charge in [-0.2, -0.15) is 0 Å². The number of carbonyl (C=O) groups excluding carboxylic acids is 1. The highest BCUT2D eigenvalue weighted by atomic mass is 35.5. The lowest BCUT2D eigenvalue weighted by Crippen LogP contribution is -2.05. The minimum absolute atomic E-state index is 0.0687. The molecule has 1 aliphatic carbocycles. The second kappa shape index (κ2) is 5.17. The fourth-order valence-electron chi connectivity index (χ4n) is 1.33. The van der Waals surface area contributed by atoms with Crippen LogP contribution in [0.25, 0.3) is 6.08 Å². The first-order chi connectivity index (χ1) is 7.75. The third-order valence-corrected chi connectivity index (χ3v) is 2.66. The highest BCUT2D eigenvalue weighted by molar-refractivity contribution is 6.30. The summed E-state index contributed by atoms with van der Waals surface area (Å²) in [5, 5.41) is 0.720. The summed E-state index contributed by atoms with van der Waals surface area (Å²) in [5.41, 5.74) is 1.05. The van der Waals surface area contributed by atoms with E-state index >= 15 is 0 Å². The van der Waals surface area contributed by atoms with Crippen molar-refractivity contribution in [2.75, 3.05) is 6.61 Å². The Morgan fingerprint density at radius 1 is 1.38 bits per heavy atom. The number of hydrogen-bond acceptors (Lipinski definition) is 2. The van der Waals surface area contributed by atoms with Crippen LogP contribution in [0.2, 0.25) is 5.02 Å². The van der Waals surface area contributed by atoms with Crippen LogP contribution in [-0.4, -0.2) is 12.6 Å². The van der Waals surface area contributed by atoms with Crippen LogP contribution in [-0.2, 0) is 9.53 Å². The van der Waals surface area contributed by atoms with E-state index in [1.807, 2.05) is 36.4 Å². The minimum Gasteiger partial charge on any atom is -0.461 e. The molecule has 0 spiro atoms. The Morgan fingerprint density at radius 2 is 2.06 bits per heavy atom. The molecule has 0 bridgehead atoms. The molecule has 16 heavy (non-hydrogen) atoms. The Labute approximate surface area is 99.9 Å². The molecule has 0 aromatic heterocycles. The third kappa shape index (κ3) is 3.38. The molecule has 1 saturated carbocycles. The molecule has 1 aliphatic rings. The van der Waals surface area contributed by atoms with Crippen LogP contribution < -0.4 is 0 Å². The molecule has 0 unspecified atom stereocenters. The van der Waals surface area contributed by atoms with Crippen LogP contribution in [0.5, 0.6) is 0 Å². The molecular formula is C13H13ClO2. The van der Waals surface area contributed by atoms with Gasteiger partial charge in [-0.15, -0.1) is 0 Å². The molecule has 2 rings (SSSR count). The third-order valence-electron chi connectivity index (χ3n) is 2.41. The summed E-state index contributed by atoms with van der Waals surface area (Å²) in [4.78, 5) is 11.2. The Hall–Kier alpha value is -1.28. The summed E-state index contributed by atoms with van der Waals surface area (Å²) in [7, 11) is 0. The second-order valence-corrected chi connectivity index (χ2v) is 4.29. The number of hydrogen-bond donors (Lipinski definition) is 0. The van der Waals surface area contributed by atoms with E-state index in [1.165, 1.54) is 0 Å². The molecule has 1 aromatic carbocycles. The monoisotopic (exact) mass is 236 g/mol. The number of ether oxygens (including phenoxy) is 1. The summed E-state index contributed by atoms with van der Waals surface area (Å²) in [5.74, 6) is 0.102. The molecular weight excluding hydrogens is 224 g/mol. The average molecular weight is 237 g/mol. The fraction of sp³-hybridized carbons (Fsp3) is 0.308. The first kappa shape index (κ1) is 11.2. The van der Waals surface area contributed by atoms with E-state index in [0.29, 0.717) is 6.61 Å². The van der Waals surface area contributed by atoms with Gasteiger partial charge in [-0.3, -0.25) is 4.79 Å². The first-order valence-corrected chi connectivity index (χ1v) is 5.72. The summed E-state index contributed by atoms with van der Waals surface area (Å²) in [6.07, 6.45) is 5.72. The van der Waals surface area contributed by atoms with Crippen LogP contribution in [0.3, 0.4) is 0 Å². The normalized spacial score (nSPS) is 15.3. The van der Waals surface area contributed by atoms with Crippen LogP contribution in [0.15, 0.2) is 30.3 Å². The van der Waals surface area contributed by atoms with Gasteiger partial charge < -0.3 is 4.74 Å². The van der Waals surface area contributed by atoms with Gasteiger partial charge in [0, 0.05) is 5.02 Å². The van der Waals surface area contributed by atoms with Crippen molar-refractivity contribution in [3.8, 4) is 0 Å². The zero-order chi connectivity index (χ0) is 11.4. The lowest BCUT2D eigenvalue weighted by Gasteiger charge is -1.98. The van der Waals surface area contributed by atoms with Gasteiger partial charge in [0.2, 0.25) is 0 Å². The number of carbonyl (C=O) groups is 1. The van der Waals surface area contributed by atoms with Crippen LogP contribution in [0.4, 0.5) is 0 Å². The van der Waals surface area contributed by atoms with Gasteiger partial charge >= 0.3 is 5.97 Å². The number of rotatable bonds is 4. The molecule has 0 saturated heterocycles. The van der Waals surface area contributed by atoms with Crippen LogP contribution >= 0.6 is 11.6 Å². The summed E-state index contributed by atoms with van der Waals surface area (Å²) >= 11 is 5.76. The molecule has 0 atom stereocenters. The smallest absolute Gasteiger partial charge is 0.309 e. The summed E-state index contributed by atoms with van der Waals surface area (Å²) in [6, 6.07) is 7.50. The van der Waals surface area contributed by atoms with E-state index < -0.39 is 0 Å². The van der Waals surface area contributed by atoms with E-state index in [9.17, 15) is 4.79 Å². The molecule has 0 amide bonds. The summed E-state index contributed by atoms with van der Waals surface area (Å²) < 4.78 is 5.06. The maximum atomic E-state index is 11.2. The van der Waals surface area contributed by atoms with Gasteiger partial charge in [0.1, 0.15) is 6.61 Å². The molecule has 0 heterocycles. The van der Waals surface area contributed by atoms with Crippen molar-refractivity contribution in [1.82, 2.24) is 0 Å². The van der Waals surface area contributed by atoms with Crippen molar-refractivity contribution >= 4 is 23.6 Å². The molecule has 0 aliphatic heterocycles. The zero-order valence-corrected chi connectivity index (χ0v) is 9.61. The fourth-order valence-corrected chi connectivity index (χ4v) is 1.45. The van der Waals surface area contributed by atoms with Crippen LogP contribution in [0, 0.1) is 5.92 Å². The van der Waals surface area contributed by atoms with E-state index in [4.69, 9.17) is 16.3 Å². The Bertz CT molecular complexity index is 391. The Kier molecular flexibility index (Phi) is 3.62. The lowest BCUT2D eigenvalue weighted by molar-refractivity contribution is -0.143. The van der Waals surface area contributed by atoms with E-state index in [0.717, 1.165) is 23.4 Å². The van der Waals surface area contributed by atoms with Gasteiger partial charge in [-0.1, -0.05) is 29.8 Å². The average Bonchev–Trinajstić information content (AvgIpc) is 3.10. The molecule has 3 heteroatoms. The zero-order valence-electron chi connectivity index (χ0n) is 8.86. The van der Waals surface area contributed by atoms with Gasteiger partial charge in [0.05, 0.1) is 5.92 Å². The molecule has 0 N–H and O–H groups in total. The Morgan fingerprint density at radius 3 is 2.69 bits per heavy atom. The predicted molar refractivity (Wildman–Crippen MR) is 64.2 cm³/mol. The van der Waals surface area contributed by atoms with Gasteiger partial charge in [-0.05, 0) is 36.6 Å². The molecule has 1 aromatic rings. The van der Waals surface area contributed by atoms with Crippen LogP contribution in [0.1, 0.15) is 18.4 Å². The molecule has 1 fully saturated rings. The number of esters is 1. The minimum atomic E-state index is -0.0687. The van der Waals surface area contributed by atoms with Crippen molar-refractivity contribution in [3.63, 3.8) is 0 Å². The van der Waals surface area contributed by atoms with E-state index in [1.54, 1.807) is 0 Å². The maximum Gasteiger partial charge on any atom is 0.309 e. The standard InChI is InChI=1S/C13H13ClO2/c14-12-7-3-10(4-8-12)2-1-9-16-13(15)11-5-6-11/h1-4,7-8,11H,5-6,9H2. The molecule has 84 valence electrons. The van der Waals surface area contributed by atoms with Crippen molar-refractivity contribution in [2.45, 2.75) is 12.8 Å². The number of halogens is 1. The lowest BCUT2D eigenvalue weighted by atomic mass is 10.2. The largest absolute Gasteiger partial charge is 0.461 e. The van der Waals surface area contributed by atoms with Crippen molar-refractivity contribution in [1.29, 1.82) is 0 Å². The second-order valence-electron chi connectivity index (χ2n) is 3.86. The van der Waals surface area contributed by atoms with Crippen molar-refractivity contribution < 1.29 is 9.53 Å². The highest BCUT2D eigenvalue weighted by Crippen LogP contribution is 2.29. The molecule has 0 radical (unpaired) electrons. The first-order valence-electron chi connectivity index (χ1n) is 5.34. The van der Waals surface area contributed by atoms with Gasteiger partial charge in [-0.25, -0.2) is 0 Å². The SMILES string of the molecule is O=C(OCC=Cc1ccc(Cl)cc1)C1CC1. The Balaban J connectivity index is 1.76. The topological polar surface area (TPSA) is 26.3 Å². The summed E-state index contributed by atoms with van der Waals surface area (Å²) in [6.45, 7) is 0.345. The predicted octanol–water partition coefficient (Wildman–Crippen LogP) is 3.31. The number of benzene rings is 1. The van der Waals surface area contributed by atoms with E-state index in [-0.39, 0.29) is 11.9 Å². The van der Waals surface area contributed by atoms with Crippen molar-refractivity contribution in [3.05, 3.63) is 40.9 Å². The maximum absolute atomic E-state index is 11.2. The van der Waals surface area contributed by atoms with Gasteiger partial charge in [0.15, 0.2) is 0 Å². The van der Waals surface area contributed by atoms with E-state index in [2.05, 4.69) is 0 Å². The highest BCUT2D eigenvalue weighted by Gasteiger charge is 2.30. The van der Waals surface area contributed by atoms with Crippen molar-refractivity contribution in [2.24, 2.45) is 5.92 Å². The van der Waals surface area contributed by atoms with Gasteiger partial charge in [0.25, 0.3) is 0 Å². The molecule has 2 nitrogen and oxygen atoms in total.